The molecule has 0 amide bonds. The minimum absolute atomic E-state index is 0.0307. The van der Waals surface area contributed by atoms with Crippen molar-refractivity contribution in [3.05, 3.63) is 34.7 Å². The Morgan fingerprint density at radius 1 is 1.40 bits per heavy atom. The van der Waals surface area contributed by atoms with E-state index in [1.165, 1.54) is 6.07 Å². The van der Waals surface area contributed by atoms with Crippen LogP contribution in [0.5, 0.6) is 0 Å². The molecule has 1 aromatic carbocycles. The van der Waals surface area contributed by atoms with Crippen LogP contribution in [0.1, 0.15) is 11.1 Å². The minimum atomic E-state index is -4.56. The Balaban J connectivity index is 3.57. The SMILES string of the molecule is [C-]#[N+]c1ccc(N)c(CBr)c1C(F)(F)F. The van der Waals surface area contributed by atoms with Gasteiger partial charge in [-0.3, -0.25) is 0 Å². The quantitative estimate of drug-likeness (QED) is 0.474. The van der Waals surface area contributed by atoms with Gasteiger partial charge < -0.3 is 5.73 Å². The highest BCUT2D eigenvalue weighted by Crippen LogP contribution is 2.41. The van der Waals surface area contributed by atoms with Crippen LogP contribution in [0, 0.1) is 6.57 Å². The maximum absolute atomic E-state index is 12.6. The van der Waals surface area contributed by atoms with Crippen LogP contribution < -0.4 is 5.73 Å². The predicted octanol–water partition coefficient (Wildman–Crippen LogP) is 3.73. The Morgan fingerprint density at radius 3 is 2.40 bits per heavy atom. The van der Waals surface area contributed by atoms with E-state index >= 15 is 0 Å². The Hall–Kier alpha value is -1.22. The first kappa shape index (κ1) is 11.9. The Bertz CT molecular complexity index is 421. The van der Waals surface area contributed by atoms with Crippen molar-refractivity contribution in [3.63, 3.8) is 0 Å². The van der Waals surface area contributed by atoms with Crippen LogP contribution in [0.25, 0.3) is 4.85 Å². The Morgan fingerprint density at radius 2 is 2.00 bits per heavy atom. The van der Waals surface area contributed by atoms with Crippen molar-refractivity contribution < 1.29 is 13.2 Å². The molecule has 0 unspecified atom stereocenters. The number of hydrogen-bond donors (Lipinski definition) is 1. The van der Waals surface area contributed by atoms with Crippen molar-refractivity contribution in [1.82, 2.24) is 0 Å². The van der Waals surface area contributed by atoms with Crippen LogP contribution in [-0.4, -0.2) is 0 Å². The molecule has 0 aliphatic rings. The van der Waals surface area contributed by atoms with E-state index < -0.39 is 17.4 Å². The molecule has 0 aromatic heterocycles. The lowest BCUT2D eigenvalue weighted by Gasteiger charge is -2.14. The molecule has 6 heteroatoms. The summed E-state index contributed by atoms with van der Waals surface area (Å²) in [5.74, 6) is 0. The second kappa shape index (κ2) is 4.11. The zero-order valence-corrected chi connectivity index (χ0v) is 8.98. The van der Waals surface area contributed by atoms with Crippen LogP contribution in [0.3, 0.4) is 0 Å². The zero-order chi connectivity index (χ0) is 11.6. The molecule has 80 valence electrons. The van der Waals surface area contributed by atoms with Crippen LogP contribution in [0.4, 0.5) is 24.5 Å². The molecule has 0 radical (unpaired) electrons. The van der Waals surface area contributed by atoms with Gasteiger partial charge in [0.25, 0.3) is 0 Å². The van der Waals surface area contributed by atoms with Crippen molar-refractivity contribution in [1.29, 1.82) is 0 Å². The van der Waals surface area contributed by atoms with Gasteiger partial charge in [0, 0.05) is 11.0 Å². The lowest BCUT2D eigenvalue weighted by Crippen LogP contribution is -2.10. The second-order valence-electron chi connectivity index (χ2n) is 2.77. The molecular weight excluding hydrogens is 273 g/mol. The number of hydrogen-bond acceptors (Lipinski definition) is 1. The van der Waals surface area contributed by atoms with Gasteiger partial charge in [0.2, 0.25) is 0 Å². The van der Waals surface area contributed by atoms with E-state index in [1.807, 2.05) is 0 Å². The molecule has 0 heterocycles. The van der Waals surface area contributed by atoms with Crippen LogP contribution >= 0.6 is 15.9 Å². The van der Waals surface area contributed by atoms with E-state index in [0.29, 0.717) is 0 Å². The monoisotopic (exact) mass is 278 g/mol. The summed E-state index contributed by atoms with van der Waals surface area (Å²) in [6.07, 6.45) is -4.56. The van der Waals surface area contributed by atoms with Crippen molar-refractivity contribution in [2.75, 3.05) is 5.73 Å². The fourth-order valence-electron chi connectivity index (χ4n) is 1.21. The summed E-state index contributed by atoms with van der Waals surface area (Å²) in [6.45, 7) is 6.68. The average molecular weight is 279 g/mol. The van der Waals surface area contributed by atoms with Crippen molar-refractivity contribution in [2.45, 2.75) is 11.5 Å². The number of alkyl halides is 4. The first-order valence-corrected chi connectivity index (χ1v) is 4.96. The Kier molecular flexibility index (Phi) is 3.25. The summed E-state index contributed by atoms with van der Waals surface area (Å²) in [6, 6.07) is 2.39. The molecule has 2 N–H and O–H groups in total. The number of rotatable bonds is 1. The molecule has 1 rings (SSSR count). The van der Waals surface area contributed by atoms with Gasteiger partial charge in [-0.15, -0.1) is 0 Å². The largest absolute Gasteiger partial charge is 0.407 e. The average Bonchev–Trinajstić information content (AvgIpc) is 2.15. The maximum Gasteiger partial charge on any atom is 0.407 e. The van der Waals surface area contributed by atoms with Crippen LogP contribution in [-0.2, 0) is 11.5 Å². The molecule has 2 nitrogen and oxygen atoms in total. The number of nitrogens with zero attached hydrogens (tertiary/aromatic N) is 1. The van der Waals surface area contributed by atoms with E-state index in [0.717, 1.165) is 6.07 Å². The summed E-state index contributed by atoms with van der Waals surface area (Å²) < 4.78 is 37.9. The van der Waals surface area contributed by atoms with Gasteiger partial charge in [-0.25, -0.2) is 4.85 Å². The normalized spacial score (nSPS) is 11.1. The summed E-state index contributed by atoms with van der Waals surface area (Å²) in [5, 5.41) is -0.0307. The predicted molar refractivity (Wildman–Crippen MR) is 54.7 cm³/mol. The fraction of sp³-hybridized carbons (Fsp3) is 0.222. The van der Waals surface area contributed by atoms with Gasteiger partial charge >= 0.3 is 6.18 Å². The van der Waals surface area contributed by atoms with E-state index in [-0.39, 0.29) is 16.6 Å². The molecule has 0 atom stereocenters. The standard InChI is InChI=1S/C9H6BrF3N2/c1-15-7-3-2-6(14)5(4-10)8(7)9(11,12)13/h2-3H,4,14H2. The third-order valence-electron chi connectivity index (χ3n) is 1.86. The molecule has 0 spiro atoms. The highest BCUT2D eigenvalue weighted by Gasteiger charge is 2.36. The van der Waals surface area contributed by atoms with Crippen LogP contribution in [0.15, 0.2) is 12.1 Å². The fourth-order valence-corrected chi connectivity index (χ4v) is 1.81. The van der Waals surface area contributed by atoms with Crippen molar-refractivity contribution >= 4 is 27.3 Å². The molecule has 15 heavy (non-hydrogen) atoms. The summed E-state index contributed by atoms with van der Waals surface area (Å²) in [5.41, 5.74) is 3.99. The van der Waals surface area contributed by atoms with Gasteiger partial charge in [-0.05, 0) is 11.6 Å². The maximum atomic E-state index is 12.6. The first-order chi connectivity index (χ1) is 6.91. The highest BCUT2D eigenvalue weighted by atomic mass is 79.9. The number of nitrogens with two attached hydrogens (primary N) is 1. The summed E-state index contributed by atoms with van der Waals surface area (Å²) >= 11 is 2.93. The molecule has 0 saturated carbocycles. The zero-order valence-electron chi connectivity index (χ0n) is 7.40. The molecule has 0 fully saturated rings. The highest BCUT2D eigenvalue weighted by molar-refractivity contribution is 9.08. The lowest BCUT2D eigenvalue weighted by molar-refractivity contribution is -0.137. The van der Waals surface area contributed by atoms with Gasteiger partial charge in [-0.2, -0.15) is 13.2 Å². The number of benzene rings is 1. The molecule has 0 aliphatic carbocycles. The van der Waals surface area contributed by atoms with E-state index in [4.69, 9.17) is 12.3 Å². The van der Waals surface area contributed by atoms with Crippen LogP contribution in [0.2, 0.25) is 0 Å². The van der Waals surface area contributed by atoms with Crippen molar-refractivity contribution in [2.24, 2.45) is 0 Å². The van der Waals surface area contributed by atoms with E-state index in [2.05, 4.69) is 20.8 Å². The molecule has 1 aromatic rings. The minimum Gasteiger partial charge on any atom is -0.399 e. The van der Waals surface area contributed by atoms with Gasteiger partial charge in [-0.1, -0.05) is 22.0 Å². The lowest BCUT2D eigenvalue weighted by atomic mass is 10.0. The number of anilines is 1. The molecular formula is C9H6BrF3N2. The van der Waals surface area contributed by atoms with E-state index in [1.54, 1.807) is 0 Å². The van der Waals surface area contributed by atoms with Gasteiger partial charge in [0.15, 0.2) is 5.69 Å². The summed E-state index contributed by atoms with van der Waals surface area (Å²) in [7, 11) is 0. The van der Waals surface area contributed by atoms with Crippen molar-refractivity contribution in [3.8, 4) is 0 Å². The smallest absolute Gasteiger partial charge is 0.399 e. The van der Waals surface area contributed by atoms with Gasteiger partial charge in [0.05, 0.1) is 12.1 Å². The molecule has 0 aliphatic heterocycles. The number of halogens is 4. The van der Waals surface area contributed by atoms with E-state index in [9.17, 15) is 13.2 Å². The number of nitrogen functional groups attached to an aromatic ring is 1. The summed E-state index contributed by atoms with van der Waals surface area (Å²) in [4.78, 5) is 2.84. The Labute approximate surface area is 92.8 Å². The third kappa shape index (κ3) is 2.23. The molecule has 0 bridgehead atoms. The third-order valence-corrected chi connectivity index (χ3v) is 2.43. The second-order valence-corrected chi connectivity index (χ2v) is 3.33. The topological polar surface area (TPSA) is 30.4 Å². The van der Waals surface area contributed by atoms with Gasteiger partial charge in [0.1, 0.15) is 0 Å². The first-order valence-electron chi connectivity index (χ1n) is 3.83. The molecule has 0 saturated heterocycles.